The Labute approximate surface area is 61.1 Å². The average molecular weight is 149 g/mol. The van der Waals surface area contributed by atoms with E-state index >= 15 is 0 Å². The number of ether oxygens (including phenoxy) is 1. The summed E-state index contributed by atoms with van der Waals surface area (Å²) in [6.45, 7) is 3.62. The Bertz CT molecular complexity index is 55.0. The fraction of sp³-hybridized carbons (Fsp3) is 1.00. The molecule has 2 N–H and O–H groups in total. The first-order chi connectivity index (χ1) is 4.35. The molecule has 3 heteroatoms. The maximum atomic E-state index is 5.44. The third-order valence-corrected chi connectivity index (χ3v) is 2.15. The van der Waals surface area contributed by atoms with Crippen molar-refractivity contribution < 1.29 is 4.74 Å². The van der Waals surface area contributed by atoms with E-state index < -0.39 is 0 Å². The van der Waals surface area contributed by atoms with Crippen molar-refractivity contribution in [3.05, 3.63) is 0 Å². The maximum Gasteiger partial charge on any atom is 0.0593 e. The third kappa shape index (κ3) is 4.75. The maximum absolute atomic E-state index is 5.44. The van der Waals surface area contributed by atoms with Crippen LogP contribution in [0.4, 0.5) is 0 Å². The van der Waals surface area contributed by atoms with Gasteiger partial charge < -0.3 is 10.5 Å². The summed E-state index contributed by atoms with van der Waals surface area (Å²) >= 11 is 1.85. The Hall–Kier alpha value is 0.270. The molecule has 0 fully saturated rings. The van der Waals surface area contributed by atoms with E-state index in [1.54, 1.807) is 7.11 Å². The lowest BCUT2D eigenvalue weighted by molar-refractivity contribution is 0.201. The van der Waals surface area contributed by atoms with Gasteiger partial charge in [0.2, 0.25) is 0 Å². The van der Waals surface area contributed by atoms with Gasteiger partial charge in [-0.25, -0.2) is 0 Å². The molecule has 1 atom stereocenters. The molecule has 9 heavy (non-hydrogen) atoms. The molecule has 0 aromatic carbocycles. The van der Waals surface area contributed by atoms with Gasteiger partial charge in [0.25, 0.3) is 0 Å². The summed E-state index contributed by atoms with van der Waals surface area (Å²) in [5.74, 6) is 1.12. The van der Waals surface area contributed by atoms with Crippen molar-refractivity contribution >= 4 is 11.8 Å². The molecule has 0 amide bonds. The molecule has 0 heterocycles. The van der Waals surface area contributed by atoms with Crippen molar-refractivity contribution in [2.24, 2.45) is 5.73 Å². The van der Waals surface area contributed by atoms with Gasteiger partial charge in [0, 0.05) is 18.9 Å². The van der Waals surface area contributed by atoms with Crippen LogP contribution in [-0.4, -0.2) is 31.3 Å². The lowest BCUT2D eigenvalue weighted by Gasteiger charge is -2.10. The summed E-state index contributed by atoms with van der Waals surface area (Å²) in [5, 5.41) is 0.486. The number of methoxy groups -OCH3 is 1. The molecular formula is C6H15NOS. The Morgan fingerprint density at radius 2 is 2.33 bits per heavy atom. The van der Waals surface area contributed by atoms with Gasteiger partial charge in [-0.2, -0.15) is 11.8 Å². The van der Waals surface area contributed by atoms with Crippen molar-refractivity contribution in [3.8, 4) is 0 Å². The molecule has 0 bridgehead atoms. The molecule has 0 spiro atoms. The minimum atomic E-state index is 0.486. The normalized spacial score (nSPS) is 13.7. The summed E-state index contributed by atoms with van der Waals surface area (Å²) < 4.78 is 4.95. The highest BCUT2D eigenvalue weighted by molar-refractivity contribution is 7.99. The van der Waals surface area contributed by atoms with E-state index in [0.29, 0.717) is 11.8 Å². The van der Waals surface area contributed by atoms with E-state index in [1.807, 2.05) is 11.8 Å². The zero-order chi connectivity index (χ0) is 7.11. The molecule has 56 valence electrons. The predicted octanol–water partition coefficient (Wildman–Crippen LogP) is 0.713. The summed E-state index contributed by atoms with van der Waals surface area (Å²) in [6.07, 6.45) is 0. The molecule has 2 nitrogen and oxygen atoms in total. The van der Waals surface area contributed by atoms with Crippen LogP contribution >= 0.6 is 11.8 Å². The van der Waals surface area contributed by atoms with Gasteiger partial charge in [-0.05, 0) is 5.75 Å². The van der Waals surface area contributed by atoms with Crippen molar-refractivity contribution in [2.45, 2.75) is 12.2 Å². The molecule has 0 aliphatic heterocycles. The van der Waals surface area contributed by atoms with E-state index in [2.05, 4.69) is 6.92 Å². The van der Waals surface area contributed by atoms with E-state index in [0.717, 1.165) is 12.4 Å². The lowest BCUT2D eigenvalue weighted by Crippen LogP contribution is -2.21. The van der Waals surface area contributed by atoms with Crippen molar-refractivity contribution in [1.82, 2.24) is 0 Å². The minimum Gasteiger partial charge on any atom is -0.383 e. The zero-order valence-corrected chi connectivity index (χ0v) is 6.91. The molecule has 0 aromatic heterocycles. The number of rotatable bonds is 5. The van der Waals surface area contributed by atoms with Crippen molar-refractivity contribution in [2.75, 3.05) is 26.0 Å². The van der Waals surface area contributed by atoms with Gasteiger partial charge in [-0.15, -0.1) is 0 Å². The number of hydrogen-bond donors (Lipinski definition) is 1. The quantitative estimate of drug-likeness (QED) is 0.625. The number of hydrogen-bond acceptors (Lipinski definition) is 3. The molecule has 0 aromatic rings. The predicted molar refractivity (Wildman–Crippen MR) is 42.9 cm³/mol. The summed E-state index contributed by atoms with van der Waals surface area (Å²) in [5.41, 5.74) is 5.44. The molecule has 0 saturated carbocycles. The average Bonchev–Trinajstić information content (AvgIpc) is 1.88. The van der Waals surface area contributed by atoms with E-state index in [1.165, 1.54) is 0 Å². The highest BCUT2D eigenvalue weighted by Crippen LogP contribution is 2.08. The van der Waals surface area contributed by atoms with Crippen LogP contribution in [0.3, 0.4) is 0 Å². The Balaban J connectivity index is 3.18. The third-order valence-electron chi connectivity index (χ3n) is 1.02. The largest absolute Gasteiger partial charge is 0.383 e. The SMILES string of the molecule is CCSC(CN)COC. The number of nitrogens with two attached hydrogens (primary N) is 1. The molecule has 1 unspecified atom stereocenters. The van der Waals surface area contributed by atoms with Gasteiger partial charge in [0.1, 0.15) is 0 Å². The summed E-state index contributed by atoms with van der Waals surface area (Å²) in [4.78, 5) is 0. The van der Waals surface area contributed by atoms with Crippen LogP contribution in [-0.2, 0) is 4.74 Å². The Kier molecular flexibility index (Phi) is 6.58. The molecule has 0 rings (SSSR count). The first kappa shape index (κ1) is 9.27. The van der Waals surface area contributed by atoms with Crippen LogP contribution < -0.4 is 5.73 Å². The van der Waals surface area contributed by atoms with E-state index in [4.69, 9.17) is 10.5 Å². The lowest BCUT2D eigenvalue weighted by atomic mass is 10.4. The van der Waals surface area contributed by atoms with Gasteiger partial charge >= 0.3 is 0 Å². The number of thioether (sulfide) groups is 1. The second-order valence-corrected chi connectivity index (χ2v) is 3.35. The highest BCUT2D eigenvalue weighted by atomic mass is 32.2. The first-order valence-corrected chi connectivity index (χ1v) is 4.20. The van der Waals surface area contributed by atoms with E-state index in [9.17, 15) is 0 Å². The Morgan fingerprint density at radius 3 is 2.67 bits per heavy atom. The fourth-order valence-electron chi connectivity index (χ4n) is 0.606. The van der Waals surface area contributed by atoms with Crippen molar-refractivity contribution in [3.63, 3.8) is 0 Å². The molecule has 0 aliphatic carbocycles. The van der Waals surface area contributed by atoms with Crippen molar-refractivity contribution in [1.29, 1.82) is 0 Å². The summed E-state index contributed by atoms with van der Waals surface area (Å²) in [6, 6.07) is 0. The second kappa shape index (κ2) is 6.39. The molecule has 0 saturated heterocycles. The highest BCUT2D eigenvalue weighted by Gasteiger charge is 2.02. The van der Waals surface area contributed by atoms with Crippen LogP contribution in [0.1, 0.15) is 6.92 Å². The molecular weight excluding hydrogens is 134 g/mol. The Morgan fingerprint density at radius 1 is 1.67 bits per heavy atom. The molecule has 0 aliphatic rings. The fourth-order valence-corrected chi connectivity index (χ4v) is 1.45. The zero-order valence-electron chi connectivity index (χ0n) is 6.09. The van der Waals surface area contributed by atoms with Gasteiger partial charge in [-0.1, -0.05) is 6.92 Å². The van der Waals surface area contributed by atoms with Crippen LogP contribution in [0.5, 0.6) is 0 Å². The van der Waals surface area contributed by atoms with E-state index in [-0.39, 0.29) is 0 Å². The summed E-state index contributed by atoms with van der Waals surface area (Å²) in [7, 11) is 1.71. The van der Waals surface area contributed by atoms with Gasteiger partial charge in [0.05, 0.1) is 6.61 Å². The second-order valence-electron chi connectivity index (χ2n) is 1.77. The molecule has 0 radical (unpaired) electrons. The van der Waals surface area contributed by atoms with Gasteiger partial charge in [-0.3, -0.25) is 0 Å². The van der Waals surface area contributed by atoms with Crippen LogP contribution in [0.25, 0.3) is 0 Å². The monoisotopic (exact) mass is 149 g/mol. The first-order valence-electron chi connectivity index (χ1n) is 3.15. The van der Waals surface area contributed by atoms with Crippen LogP contribution in [0.2, 0.25) is 0 Å². The smallest absolute Gasteiger partial charge is 0.0593 e. The van der Waals surface area contributed by atoms with Crippen LogP contribution in [0, 0.1) is 0 Å². The van der Waals surface area contributed by atoms with Crippen LogP contribution in [0.15, 0.2) is 0 Å². The minimum absolute atomic E-state index is 0.486. The van der Waals surface area contributed by atoms with Gasteiger partial charge in [0.15, 0.2) is 0 Å². The standard InChI is InChI=1S/C6H15NOS/c1-3-9-6(4-7)5-8-2/h6H,3-5,7H2,1-2H3. The topological polar surface area (TPSA) is 35.2 Å².